The van der Waals surface area contributed by atoms with E-state index in [2.05, 4.69) is 69.1 Å². The molecule has 0 fully saturated rings. The molecule has 11 heteroatoms. The molecule has 0 radical (unpaired) electrons. The van der Waals surface area contributed by atoms with E-state index in [9.17, 15) is 8.42 Å². The van der Waals surface area contributed by atoms with Gasteiger partial charge < -0.3 is 13.9 Å². The van der Waals surface area contributed by atoms with Crippen LogP contribution in [0.2, 0.25) is 43.8 Å². The lowest BCUT2D eigenvalue weighted by molar-refractivity contribution is 0.0909. The molecule has 0 aliphatic rings. The summed E-state index contributed by atoms with van der Waals surface area (Å²) in [6, 6.07) is 17.4. The van der Waals surface area contributed by atoms with Crippen LogP contribution in [0.5, 0.6) is 11.5 Å². The smallest absolute Gasteiger partial charge is 0.192 e. The molecule has 0 N–H and O–H groups in total. The van der Waals surface area contributed by atoms with Gasteiger partial charge in [-0.2, -0.15) is 0 Å². The van der Waals surface area contributed by atoms with Crippen LogP contribution >= 0.6 is 0 Å². The number of hydrogen-bond acceptors (Lipinski definition) is 7. The van der Waals surface area contributed by atoms with Gasteiger partial charge in [0.05, 0.1) is 28.3 Å². The number of ether oxygens (including phenoxy) is 2. The minimum absolute atomic E-state index is 0.0385. The van der Waals surface area contributed by atoms with Gasteiger partial charge in [0, 0.05) is 32.5 Å². The van der Waals surface area contributed by atoms with Crippen molar-refractivity contribution in [2.75, 3.05) is 12.4 Å². The van der Waals surface area contributed by atoms with Crippen molar-refractivity contribution >= 4 is 37.3 Å². The summed E-state index contributed by atoms with van der Waals surface area (Å²) in [6.45, 7) is 21.2. The molecule has 2 heterocycles. The first-order valence-electron chi connectivity index (χ1n) is 15.2. The Morgan fingerprint density at radius 2 is 1.66 bits per heavy atom. The van der Waals surface area contributed by atoms with Crippen LogP contribution in [0, 0.1) is 0 Å². The molecule has 4 rings (SSSR count). The number of aromatic nitrogens is 3. The minimum Gasteiger partial charge on any atom is -0.457 e. The fourth-order valence-electron chi connectivity index (χ4n) is 4.24. The van der Waals surface area contributed by atoms with E-state index in [0.717, 1.165) is 34.2 Å². The van der Waals surface area contributed by atoms with Gasteiger partial charge in [0.15, 0.2) is 24.0 Å². The third-order valence-electron chi connectivity index (χ3n) is 8.23. The second kappa shape index (κ2) is 13.3. The Balaban J connectivity index is 1.79. The summed E-state index contributed by atoms with van der Waals surface area (Å²) in [5.41, 5.74) is 3.29. The van der Waals surface area contributed by atoms with Gasteiger partial charge in [-0.15, -0.1) is 0 Å². The summed E-state index contributed by atoms with van der Waals surface area (Å²) in [5, 5.41) is 0.0385. The molecule has 0 atom stereocenters. The molecule has 0 unspecified atom stereocenters. The van der Waals surface area contributed by atoms with Crippen LogP contribution in [0.3, 0.4) is 0 Å². The van der Waals surface area contributed by atoms with Crippen molar-refractivity contribution in [2.24, 2.45) is 0 Å². The zero-order valence-corrected chi connectivity index (χ0v) is 30.4. The van der Waals surface area contributed by atoms with Crippen molar-refractivity contribution in [3.8, 4) is 23.0 Å². The number of sulfone groups is 1. The van der Waals surface area contributed by atoms with Gasteiger partial charge in [-0.05, 0) is 66.6 Å². The molecule has 44 heavy (non-hydrogen) atoms. The number of rotatable bonds is 13. The van der Waals surface area contributed by atoms with E-state index < -0.39 is 26.2 Å². The van der Waals surface area contributed by atoms with Gasteiger partial charge in [0.1, 0.15) is 23.9 Å². The van der Waals surface area contributed by atoms with E-state index in [1.165, 1.54) is 0 Å². The summed E-state index contributed by atoms with van der Waals surface area (Å²) in [4.78, 5) is 9.86. The first-order chi connectivity index (χ1) is 20.5. The zero-order valence-electron chi connectivity index (χ0n) is 27.6. The van der Waals surface area contributed by atoms with Crippen LogP contribution < -0.4 is 4.74 Å². The highest BCUT2D eigenvalue weighted by molar-refractivity contribution is 7.91. The van der Waals surface area contributed by atoms with Gasteiger partial charge >= 0.3 is 0 Å². The largest absolute Gasteiger partial charge is 0.457 e. The van der Waals surface area contributed by atoms with Crippen molar-refractivity contribution in [1.82, 2.24) is 14.5 Å². The lowest BCUT2D eigenvalue weighted by Crippen LogP contribution is -2.40. The summed E-state index contributed by atoms with van der Waals surface area (Å²) in [5.74, 6) is 1.91. The Kier molecular flexibility index (Phi) is 10.3. The first kappa shape index (κ1) is 34.0. The second-order valence-corrected chi connectivity index (χ2v) is 26.6. The van der Waals surface area contributed by atoms with Crippen LogP contribution in [-0.2, 0) is 32.3 Å². The molecule has 0 amide bonds. The Morgan fingerprint density at radius 3 is 2.25 bits per heavy atom. The van der Waals surface area contributed by atoms with Crippen molar-refractivity contribution in [2.45, 2.75) is 89.7 Å². The number of imidazole rings is 1. The van der Waals surface area contributed by atoms with Crippen LogP contribution in [0.4, 0.5) is 0 Å². The first-order valence-corrected chi connectivity index (χ1v) is 23.4. The topological polar surface area (TPSA) is 92.5 Å². The number of pyridine rings is 1. The molecule has 2 aromatic heterocycles. The fourth-order valence-corrected chi connectivity index (χ4v) is 6.83. The van der Waals surface area contributed by atoms with Gasteiger partial charge in [0.25, 0.3) is 0 Å². The molecule has 0 bridgehead atoms. The van der Waals surface area contributed by atoms with Gasteiger partial charge in [-0.3, -0.25) is 9.55 Å². The minimum atomic E-state index is -3.31. The molecule has 238 valence electrons. The molecular formula is C33H47N3O5SSi2. The predicted octanol–water partition coefficient (Wildman–Crippen LogP) is 8.52. The lowest BCUT2D eigenvalue weighted by Gasteiger charge is -2.36. The number of hydrogen-bond donors (Lipinski definition) is 0. The lowest BCUT2D eigenvalue weighted by atomic mass is 10.2. The highest BCUT2D eigenvalue weighted by Crippen LogP contribution is 2.39. The number of fused-ring (bicyclic) bond motifs is 1. The maximum Gasteiger partial charge on any atom is 0.192 e. The SMILES string of the molecule is CCS(=O)(=O)c1ccc(Oc2cc3nc(-c4ccccn4)n(COCC[Si](C)(C)C)c3cc2CO[Si](C)(C)C(C)(C)C)cc1. The standard InChI is InChI=1S/C33H47N3O5SSi2/c1-10-42(37,38)27-16-14-26(15-17-27)41-31-22-29-30(21-25(31)23-40-44(8,9)33(2,3)4)36(24-39-19-20-43(5,6)7)32(35-29)28-13-11-12-18-34-28/h11-18,21-22H,10,19-20,23-24H2,1-9H3. The molecule has 0 saturated heterocycles. The van der Waals surface area contributed by atoms with E-state index in [0.29, 0.717) is 31.4 Å². The highest BCUT2D eigenvalue weighted by Gasteiger charge is 2.37. The molecular weight excluding hydrogens is 607 g/mol. The molecule has 0 spiro atoms. The molecule has 0 saturated carbocycles. The van der Waals surface area contributed by atoms with E-state index in [1.807, 2.05) is 24.3 Å². The van der Waals surface area contributed by atoms with Crippen molar-refractivity contribution in [3.05, 3.63) is 66.4 Å². The van der Waals surface area contributed by atoms with Gasteiger partial charge in [-0.1, -0.05) is 53.4 Å². The van der Waals surface area contributed by atoms with Crippen molar-refractivity contribution < 1.29 is 22.3 Å². The molecule has 4 aromatic rings. The maximum absolute atomic E-state index is 12.3. The van der Waals surface area contributed by atoms with Crippen LogP contribution in [0.1, 0.15) is 33.3 Å². The Labute approximate surface area is 264 Å². The maximum atomic E-state index is 12.3. The summed E-state index contributed by atoms with van der Waals surface area (Å²) in [6.07, 6.45) is 1.76. The van der Waals surface area contributed by atoms with Gasteiger partial charge in [0.2, 0.25) is 0 Å². The highest BCUT2D eigenvalue weighted by atomic mass is 32.2. The third kappa shape index (κ3) is 8.25. The average Bonchev–Trinajstić information content (AvgIpc) is 3.31. The van der Waals surface area contributed by atoms with Crippen molar-refractivity contribution in [1.29, 1.82) is 0 Å². The van der Waals surface area contributed by atoms with E-state index in [1.54, 1.807) is 37.4 Å². The number of nitrogens with zero attached hydrogens (tertiary/aromatic N) is 3. The van der Waals surface area contributed by atoms with E-state index >= 15 is 0 Å². The summed E-state index contributed by atoms with van der Waals surface area (Å²) >= 11 is 0. The second-order valence-electron chi connectivity index (χ2n) is 13.9. The summed E-state index contributed by atoms with van der Waals surface area (Å²) in [7, 11) is -6.64. The monoisotopic (exact) mass is 653 g/mol. The Morgan fingerprint density at radius 1 is 0.955 bits per heavy atom. The van der Waals surface area contributed by atoms with E-state index in [-0.39, 0.29) is 15.7 Å². The zero-order chi connectivity index (χ0) is 32.3. The fraction of sp³-hybridized carbons (Fsp3) is 0.455. The van der Waals surface area contributed by atoms with E-state index in [4.69, 9.17) is 18.9 Å². The van der Waals surface area contributed by atoms with Crippen LogP contribution in [0.15, 0.2) is 65.7 Å². The van der Waals surface area contributed by atoms with Crippen LogP contribution in [0.25, 0.3) is 22.6 Å². The quantitative estimate of drug-likeness (QED) is 0.105. The molecule has 0 aliphatic carbocycles. The molecule has 0 aliphatic heterocycles. The number of benzene rings is 2. The summed E-state index contributed by atoms with van der Waals surface area (Å²) < 4.78 is 46.1. The normalized spacial score (nSPS) is 13.0. The Bertz CT molecular complexity index is 1680. The Hall–Kier alpha value is -2.84. The van der Waals surface area contributed by atoms with Crippen LogP contribution in [-0.4, -0.2) is 51.7 Å². The third-order valence-corrected chi connectivity index (χ3v) is 16.2. The molecule has 2 aromatic carbocycles. The van der Waals surface area contributed by atoms with Crippen molar-refractivity contribution in [3.63, 3.8) is 0 Å². The molecule has 8 nitrogen and oxygen atoms in total. The van der Waals surface area contributed by atoms with Gasteiger partial charge in [-0.25, -0.2) is 13.4 Å². The predicted molar refractivity (Wildman–Crippen MR) is 183 cm³/mol. The average molecular weight is 654 g/mol.